The van der Waals surface area contributed by atoms with Crippen molar-refractivity contribution in [1.82, 2.24) is 10.2 Å². The Morgan fingerprint density at radius 1 is 1.11 bits per heavy atom. The lowest BCUT2D eigenvalue weighted by Crippen LogP contribution is -2.68. The molecule has 5 rings (SSSR count). The molecule has 0 aromatic heterocycles. The number of hydrogen-bond donors (Lipinski definition) is 1. The molecule has 2 aromatic rings. The fourth-order valence-corrected chi connectivity index (χ4v) is 5.46. The molecule has 2 saturated heterocycles. The normalized spacial score (nSPS) is 29.0. The summed E-state index contributed by atoms with van der Waals surface area (Å²) in [7, 11) is 0. The van der Waals surface area contributed by atoms with E-state index < -0.39 is 72.0 Å². The Labute approximate surface area is 202 Å². The summed E-state index contributed by atoms with van der Waals surface area (Å²) in [4.78, 5) is 26.1. The molecule has 192 valence electrons. The van der Waals surface area contributed by atoms with E-state index in [4.69, 9.17) is 4.74 Å². The number of alkyl carbamates (subject to hydrolysis) is 1. The molecule has 2 aliphatic heterocycles. The predicted molar refractivity (Wildman–Crippen MR) is 115 cm³/mol. The first kappa shape index (κ1) is 24.5. The minimum Gasteiger partial charge on any atom is -0.449 e. The van der Waals surface area contributed by atoms with Crippen molar-refractivity contribution in [3.05, 3.63) is 59.4 Å². The summed E-state index contributed by atoms with van der Waals surface area (Å²) in [5, 5.41) is 2.20. The molecule has 2 amide bonds. The molecule has 1 N–H and O–H groups in total. The van der Waals surface area contributed by atoms with Gasteiger partial charge >= 0.3 is 6.09 Å². The number of nitrogens with zero attached hydrogens (tertiary/aromatic N) is 1. The van der Waals surface area contributed by atoms with Gasteiger partial charge in [0.25, 0.3) is 5.92 Å². The quantitative estimate of drug-likeness (QED) is 0.601. The molecule has 2 aromatic carbocycles. The lowest BCUT2D eigenvalue weighted by Gasteiger charge is -2.43. The molecule has 0 radical (unpaired) electrons. The van der Waals surface area contributed by atoms with Crippen LogP contribution >= 0.6 is 0 Å². The largest absolute Gasteiger partial charge is 0.449 e. The van der Waals surface area contributed by atoms with Gasteiger partial charge in [-0.25, -0.2) is 31.1 Å². The van der Waals surface area contributed by atoms with Crippen LogP contribution in [0.3, 0.4) is 0 Å². The second-order valence-corrected chi connectivity index (χ2v) is 9.58. The molecule has 2 heterocycles. The van der Waals surface area contributed by atoms with E-state index >= 15 is 13.2 Å². The number of hydrogen-bond acceptors (Lipinski definition) is 3. The minimum atomic E-state index is -3.58. The van der Waals surface area contributed by atoms with Gasteiger partial charge in [0.15, 0.2) is 0 Å². The summed E-state index contributed by atoms with van der Waals surface area (Å²) in [6, 6.07) is 5.16. The molecule has 0 bridgehead atoms. The van der Waals surface area contributed by atoms with Gasteiger partial charge in [0, 0.05) is 24.0 Å². The highest BCUT2D eigenvalue weighted by molar-refractivity contribution is 5.82. The van der Waals surface area contributed by atoms with Gasteiger partial charge in [0.05, 0.1) is 19.2 Å². The van der Waals surface area contributed by atoms with E-state index in [1.807, 2.05) is 0 Å². The highest BCUT2D eigenvalue weighted by atomic mass is 19.3. The van der Waals surface area contributed by atoms with Crippen LogP contribution < -0.4 is 5.32 Å². The summed E-state index contributed by atoms with van der Waals surface area (Å²) >= 11 is 0. The van der Waals surface area contributed by atoms with Crippen molar-refractivity contribution >= 4 is 12.0 Å². The zero-order valence-electron chi connectivity index (χ0n) is 18.9. The average molecular weight is 512 g/mol. The molecule has 11 heteroatoms. The van der Waals surface area contributed by atoms with Crippen molar-refractivity contribution in [2.45, 2.75) is 49.4 Å². The van der Waals surface area contributed by atoms with Crippen LogP contribution in [0.1, 0.15) is 24.8 Å². The maximum atomic E-state index is 15.6. The van der Waals surface area contributed by atoms with E-state index in [1.165, 1.54) is 18.2 Å². The van der Waals surface area contributed by atoms with Crippen LogP contribution in [0.25, 0.3) is 11.1 Å². The monoisotopic (exact) mass is 512 g/mol. The number of benzene rings is 2. The fourth-order valence-electron chi connectivity index (χ4n) is 5.46. The molecule has 1 saturated carbocycles. The third-order valence-electron chi connectivity index (χ3n) is 7.40. The summed E-state index contributed by atoms with van der Waals surface area (Å²) in [5.74, 6) is -7.78. The van der Waals surface area contributed by atoms with Crippen LogP contribution in [0.2, 0.25) is 0 Å². The highest BCUT2D eigenvalue weighted by Crippen LogP contribution is 2.48. The molecule has 0 unspecified atom stereocenters. The standard InChI is InChI=1S/C25H22F6N2O3/c26-16-8-15(9-16)22(34)33-12-25(30,31)24(4-5-36-23(35)32-24)20(33)10-13-2-1-3-19(21(13)29)14-6-17(27)11-18(28)7-14/h1-3,6-7,11,15-16,20H,4-5,8-10,12H2,(H,32,35)/t15-,16+,20-,24+/m0/s1. The fraction of sp³-hybridized carbons (Fsp3) is 0.440. The van der Waals surface area contributed by atoms with E-state index in [-0.39, 0.29) is 42.6 Å². The molecular formula is C25H22F6N2O3. The minimum absolute atomic E-state index is 0.0882. The molecule has 2 atom stereocenters. The first-order chi connectivity index (χ1) is 17.0. The Hall–Kier alpha value is -3.24. The number of rotatable bonds is 4. The third-order valence-corrected chi connectivity index (χ3v) is 7.40. The first-order valence-corrected chi connectivity index (χ1v) is 11.5. The summed E-state index contributed by atoms with van der Waals surface area (Å²) < 4.78 is 92.3. The van der Waals surface area contributed by atoms with Crippen LogP contribution in [-0.4, -0.2) is 53.7 Å². The number of ether oxygens (including phenoxy) is 1. The van der Waals surface area contributed by atoms with Crippen molar-refractivity contribution in [3.63, 3.8) is 0 Å². The van der Waals surface area contributed by atoms with Gasteiger partial charge in [-0.2, -0.15) is 0 Å². The Bertz CT molecular complexity index is 1200. The van der Waals surface area contributed by atoms with Crippen LogP contribution in [0, 0.1) is 23.4 Å². The molecule has 1 spiro atoms. The summed E-state index contributed by atoms with van der Waals surface area (Å²) in [6.07, 6.45) is -3.23. The first-order valence-electron chi connectivity index (χ1n) is 11.5. The lowest BCUT2D eigenvalue weighted by atomic mass is 9.79. The van der Waals surface area contributed by atoms with Gasteiger partial charge in [-0.15, -0.1) is 0 Å². The number of halogens is 6. The maximum absolute atomic E-state index is 15.6. The van der Waals surface area contributed by atoms with Crippen molar-refractivity contribution in [2.75, 3.05) is 13.2 Å². The zero-order chi connectivity index (χ0) is 25.8. The lowest BCUT2D eigenvalue weighted by molar-refractivity contribution is -0.142. The van der Waals surface area contributed by atoms with Gasteiger partial charge < -0.3 is 15.0 Å². The number of likely N-dealkylation sites (tertiary alicyclic amines) is 1. The van der Waals surface area contributed by atoms with E-state index in [9.17, 15) is 22.8 Å². The van der Waals surface area contributed by atoms with E-state index in [2.05, 4.69) is 5.32 Å². The number of nitrogens with one attached hydrogen (secondary N) is 1. The molecule has 3 fully saturated rings. The number of carbonyl (C=O) groups excluding carboxylic acids is 2. The van der Waals surface area contributed by atoms with Crippen molar-refractivity contribution in [2.24, 2.45) is 5.92 Å². The predicted octanol–water partition coefficient (Wildman–Crippen LogP) is 4.78. The molecular weight excluding hydrogens is 490 g/mol. The highest BCUT2D eigenvalue weighted by Gasteiger charge is 2.69. The molecule has 5 nitrogen and oxygen atoms in total. The Balaban J connectivity index is 1.55. The Morgan fingerprint density at radius 3 is 2.44 bits per heavy atom. The SMILES string of the molecule is O=C1N[C@]2(CCO1)[C@H](Cc1cccc(-c3cc(F)cc(F)c3)c1F)N(C(=O)[C@H]1C[C@@H](F)C1)CC2(F)F. The van der Waals surface area contributed by atoms with Gasteiger partial charge in [-0.05, 0) is 42.5 Å². The number of cyclic esters (lactones) is 1. The van der Waals surface area contributed by atoms with Crippen LogP contribution in [0.5, 0.6) is 0 Å². The summed E-state index contributed by atoms with van der Waals surface area (Å²) in [5.41, 5.74) is -2.56. The Morgan fingerprint density at radius 2 is 1.81 bits per heavy atom. The number of alkyl halides is 3. The van der Waals surface area contributed by atoms with E-state index in [0.717, 1.165) is 17.0 Å². The van der Waals surface area contributed by atoms with Gasteiger partial charge in [0.1, 0.15) is 29.2 Å². The number of carbonyl (C=O) groups is 2. The van der Waals surface area contributed by atoms with Crippen LogP contribution in [0.4, 0.5) is 31.1 Å². The van der Waals surface area contributed by atoms with Crippen molar-refractivity contribution in [3.8, 4) is 11.1 Å². The smallest absolute Gasteiger partial charge is 0.407 e. The molecule has 1 aliphatic carbocycles. The topological polar surface area (TPSA) is 58.6 Å². The third kappa shape index (κ3) is 3.98. The maximum Gasteiger partial charge on any atom is 0.407 e. The van der Waals surface area contributed by atoms with Crippen molar-refractivity contribution in [1.29, 1.82) is 0 Å². The van der Waals surface area contributed by atoms with E-state index in [0.29, 0.717) is 6.07 Å². The molecule has 36 heavy (non-hydrogen) atoms. The second-order valence-electron chi connectivity index (χ2n) is 9.58. The second kappa shape index (κ2) is 8.70. The van der Waals surface area contributed by atoms with Gasteiger partial charge in [-0.1, -0.05) is 18.2 Å². The Kier molecular flexibility index (Phi) is 5.91. The van der Waals surface area contributed by atoms with Gasteiger partial charge in [0.2, 0.25) is 5.91 Å². The van der Waals surface area contributed by atoms with Crippen LogP contribution in [-0.2, 0) is 16.0 Å². The number of amides is 2. The summed E-state index contributed by atoms with van der Waals surface area (Å²) in [6.45, 7) is -1.36. The zero-order valence-corrected chi connectivity index (χ0v) is 18.9. The van der Waals surface area contributed by atoms with Crippen LogP contribution in [0.15, 0.2) is 36.4 Å². The van der Waals surface area contributed by atoms with Gasteiger partial charge in [-0.3, -0.25) is 4.79 Å². The van der Waals surface area contributed by atoms with Crippen molar-refractivity contribution < 1.29 is 40.7 Å². The average Bonchev–Trinajstić information content (AvgIpc) is 2.98. The van der Waals surface area contributed by atoms with E-state index in [1.54, 1.807) is 0 Å². The molecule has 3 aliphatic rings.